The van der Waals surface area contributed by atoms with Crippen LogP contribution in [0.3, 0.4) is 0 Å². The maximum Gasteiger partial charge on any atom is 0.325 e. The van der Waals surface area contributed by atoms with Crippen LogP contribution in [-0.4, -0.2) is 53.4 Å². The molecule has 0 spiro atoms. The zero-order valence-electron chi connectivity index (χ0n) is 16.0. The highest BCUT2D eigenvalue weighted by Crippen LogP contribution is 2.31. The summed E-state index contributed by atoms with van der Waals surface area (Å²) in [4.78, 5) is 42.0. The molecular weight excluding hydrogens is 386 g/mol. The lowest BCUT2D eigenvalue weighted by atomic mass is 10.0. The van der Waals surface area contributed by atoms with Gasteiger partial charge >= 0.3 is 6.03 Å². The van der Waals surface area contributed by atoms with E-state index in [1.807, 2.05) is 30.5 Å². The highest BCUT2D eigenvalue weighted by atomic mass is 16.6. The van der Waals surface area contributed by atoms with Gasteiger partial charge in [0.1, 0.15) is 19.3 Å². The Bertz CT molecular complexity index is 1170. The summed E-state index contributed by atoms with van der Waals surface area (Å²) in [6.07, 6.45) is 2.19. The SMILES string of the molecule is O=C(CN1C(=O)NC(Cc2c[nH]c3ccccc23)C1=O)c1ccc2c(c1)OCCO2. The average molecular weight is 405 g/mol. The minimum Gasteiger partial charge on any atom is -0.486 e. The number of ketones is 1. The van der Waals surface area contributed by atoms with Gasteiger partial charge in [0.2, 0.25) is 0 Å². The number of fused-ring (bicyclic) bond motifs is 2. The van der Waals surface area contributed by atoms with Crippen LogP contribution in [0, 0.1) is 0 Å². The molecule has 3 heterocycles. The van der Waals surface area contributed by atoms with E-state index < -0.39 is 18.0 Å². The number of Topliss-reactive ketones (excluding diaryl/α,β-unsaturated/α-hetero) is 1. The van der Waals surface area contributed by atoms with Crippen molar-refractivity contribution >= 4 is 28.6 Å². The molecule has 1 unspecified atom stereocenters. The summed E-state index contributed by atoms with van der Waals surface area (Å²) in [5.41, 5.74) is 2.26. The highest BCUT2D eigenvalue weighted by molar-refractivity contribution is 6.09. The number of para-hydroxylation sites is 1. The van der Waals surface area contributed by atoms with Crippen molar-refractivity contribution in [3.8, 4) is 11.5 Å². The van der Waals surface area contributed by atoms with Crippen LogP contribution in [0.25, 0.3) is 10.9 Å². The van der Waals surface area contributed by atoms with Crippen LogP contribution >= 0.6 is 0 Å². The van der Waals surface area contributed by atoms with Crippen molar-refractivity contribution in [1.29, 1.82) is 0 Å². The minimum atomic E-state index is -0.704. The lowest BCUT2D eigenvalue weighted by molar-refractivity contribution is -0.127. The summed E-state index contributed by atoms with van der Waals surface area (Å²) in [7, 11) is 0. The summed E-state index contributed by atoms with van der Waals surface area (Å²) in [5, 5.41) is 3.70. The first-order valence-electron chi connectivity index (χ1n) is 9.70. The fraction of sp³-hybridized carbons (Fsp3) is 0.227. The summed E-state index contributed by atoms with van der Waals surface area (Å²) >= 11 is 0. The molecule has 5 rings (SSSR count). The Morgan fingerprint density at radius 3 is 2.73 bits per heavy atom. The number of rotatable bonds is 5. The van der Waals surface area contributed by atoms with Crippen LogP contribution < -0.4 is 14.8 Å². The third-order valence-corrected chi connectivity index (χ3v) is 5.37. The number of nitrogens with one attached hydrogen (secondary N) is 2. The van der Waals surface area contributed by atoms with E-state index in [4.69, 9.17) is 9.47 Å². The lowest BCUT2D eigenvalue weighted by Gasteiger charge is -2.19. The number of imide groups is 1. The number of nitrogens with zero attached hydrogens (tertiary/aromatic N) is 1. The van der Waals surface area contributed by atoms with Crippen molar-refractivity contribution in [2.45, 2.75) is 12.5 Å². The number of amides is 3. The van der Waals surface area contributed by atoms with Crippen LogP contribution in [0.2, 0.25) is 0 Å². The Balaban J connectivity index is 1.30. The van der Waals surface area contributed by atoms with Crippen LogP contribution in [0.5, 0.6) is 11.5 Å². The van der Waals surface area contributed by atoms with Crippen molar-refractivity contribution in [2.75, 3.05) is 19.8 Å². The molecule has 0 radical (unpaired) electrons. The number of hydrogen-bond donors (Lipinski definition) is 2. The number of urea groups is 1. The van der Waals surface area contributed by atoms with Crippen molar-refractivity contribution in [1.82, 2.24) is 15.2 Å². The third-order valence-electron chi connectivity index (χ3n) is 5.37. The first kappa shape index (κ1) is 18.2. The van der Waals surface area contributed by atoms with Crippen molar-refractivity contribution in [3.63, 3.8) is 0 Å². The molecule has 2 aromatic carbocycles. The maximum atomic E-state index is 12.8. The second kappa shape index (κ2) is 7.22. The molecule has 3 aromatic rings. The fourth-order valence-electron chi connectivity index (χ4n) is 3.84. The van der Waals surface area contributed by atoms with E-state index in [2.05, 4.69) is 10.3 Å². The van der Waals surface area contributed by atoms with Gasteiger partial charge in [0.15, 0.2) is 17.3 Å². The maximum absolute atomic E-state index is 12.8. The van der Waals surface area contributed by atoms with Gasteiger partial charge in [-0.2, -0.15) is 0 Å². The van der Waals surface area contributed by atoms with Gasteiger partial charge in [0, 0.05) is 29.1 Å². The standard InChI is InChI=1S/C22H19N3O5/c26-18(13-5-6-19-20(10-13)30-8-7-29-19)12-25-21(27)17(24-22(25)28)9-14-11-23-16-4-2-1-3-15(14)16/h1-6,10-11,17,23H,7-9,12H2,(H,24,28). The first-order chi connectivity index (χ1) is 14.6. The van der Waals surface area contributed by atoms with Crippen molar-refractivity contribution in [3.05, 3.63) is 59.8 Å². The van der Waals surface area contributed by atoms with Gasteiger partial charge in [0.05, 0.1) is 6.54 Å². The fourth-order valence-corrected chi connectivity index (χ4v) is 3.84. The zero-order chi connectivity index (χ0) is 20.7. The molecule has 2 aliphatic rings. The molecule has 8 nitrogen and oxygen atoms in total. The second-order valence-corrected chi connectivity index (χ2v) is 7.27. The van der Waals surface area contributed by atoms with E-state index in [0.29, 0.717) is 36.7 Å². The molecule has 0 bridgehead atoms. The van der Waals surface area contributed by atoms with Gasteiger partial charge < -0.3 is 19.8 Å². The molecule has 1 aromatic heterocycles. The monoisotopic (exact) mass is 405 g/mol. The van der Waals surface area contributed by atoms with Gasteiger partial charge in [0.25, 0.3) is 5.91 Å². The summed E-state index contributed by atoms with van der Waals surface area (Å²) in [6.45, 7) is 0.544. The molecule has 8 heteroatoms. The van der Waals surface area contributed by atoms with Gasteiger partial charge in [-0.1, -0.05) is 18.2 Å². The van der Waals surface area contributed by atoms with E-state index in [1.165, 1.54) is 0 Å². The van der Waals surface area contributed by atoms with E-state index in [-0.39, 0.29) is 12.3 Å². The summed E-state index contributed by atoms with van der Waals surface area (Å²) < 4.78 is 11.0. The van der Waals surface area contributed by atoms with Gasteiger partial charge in [-0.05, 0) is 29.8 Å². The molecule has 0 saturated carbocycles. The van der Waals surface area contributed by atoms with Crippen LogP contribution in [0.1, 0.15) is 15.9 Å². The molecule has 2 aliphatic heterocycles. The van der Waals surface area contributed by atoms with E-state index >= 15 is 0 Å². The smallest absolute Gasteiger partial charge is 0.325 e. The quantitative estimate of drug-likeness (QED) is 0.501. The molecule has 3 amide bonds. The molecule has 1 fully saturated rings. The van der Waals surface area contributed by atoms with Crippen LogP contribution in [-0.2, 0) is 11.2 Å². The van der Waals surface area contributed by atoms with Gasteiger partial charge in [-0.3, -0.25) is 14.5 Å². The Kier molecular flexibility index (Phi) is 4.39. The largest absolute Gasteiger partial charge is 0.486 e. The molecule has 30 heavy (non-hydrogen) atoms. The lowest BCUT2D eigenvalue weighted by Crippen LogP contribution is -2.36. The topological polar surface area (TPSA) is 101 Å². The molecule has 152 valence electrons. The predicted molar refractivity (Wildman–Crippen MR) is 108 cm³/mol. The number of hydrogen-bond acceptors (Lipinski definition) is 5. The van der Waals surface area contributed by atoms with E-state index in [0.717, 1.165) is 21.4 Å². The molecule has 1 atom stereocenters. The van der Waals surface area contributed by atoms with Crippen LogP contribution in [0.15, 0.2) is 48.7 Å². The summed E-state index contributed by atoms with van der Waals surface area (Å²) in [5.74, 6) is 0.312. The molecular formula is C22H19N3O5. The first-order valence-corrected chi connectivity index (χ1v) is 9.70. The third kappa shape index (κ3) is 3.16. The number of H-pyrrole nitrogens is 1. The van der Waals surface area contributed by atoms with Crippen molar-refractivity contribution in [2.24, 2.45) is 0 Å². The molecule has 1 saturated heterocycles. The molecule has 0 aliphatic carbocycles. The number of carbonyl (C=O) groups excluding carboxylic acids is 3. The molecule has 2 N–H and O–H groups in total. The predicted octanol–water partition coefficient (Wildman–Crippen LogP) is 2.28. The van der Waals surface area contributed by atoms with Gasteiger partial charge in [-0.15, -0.1) is 0 Å². The average Bonchev–Trinajstić information content (AvgIpc) is 3.29. The Hall–Kier alpha value is -3.81. The number of aromatic nitrogens is 1. The summed E-state index contributed by atoms with van der Waals surface area (Å²) in [6, 6.07) is 11.4. The van der Waals surface area contributed by atoms with Crippen LogP contribution in [0.4, 0.5) is 4.79 Å². The Morgan fingerprint density at radius 2 is 1.87 bits per heavy atom. The number of ether oxygens (including phenoxy) is 2. The Morgan fingerprint density at radius 1 is 1.07 bits per heavy atom. The number of aromatic amines is 1. The second-order valence-electron chi connectivity index (χ2n) is 7.27. The van der Waals surface area contributed by atoms with E-state index in [9.17, 15) is 14.4 Å². The van der Waals surface area contributed by atoms with Gasteiger partial charge in [-0.25, -0.2) is 4.79 Å². The Labute approximate surface area is 171 Å². The zero-order valence-corrected chi connectivity index (χ0v) is 16.0. The minimum absolute atomic E-state index is 0.325. The number of benzene rings is 2. The number of carbonyl (C=O) groups is 3. The van der Waals surface area contributed by atoms with E-state index in [1.54, 1.807) is 18.2 Å². The van der Waals surface area contributed by atoms with Crippen molar-refractivity contribution < 1.29 is 23.9 Å². The highest BCUT2D eigenvalue weighted by Gasteiger charge is 2.39. The normalized spacial score (nSPS) is 18.0.